The summed E-state index contributed by atoms with van der Waals surface area (Å²) in [5.74, 6) is 1.18. The predicted molar refractivity (Wildman–Crippen MR) is 79.7 cm³/mol. The van der Waals surface area contributed by atoms with Crippen LogP contribution in [-0.4, -0.2) is 6.61 Å². The van der Waals surface area contributed by atoms with Gasteiger partial charge in [0.1, 0.15) is 5.75 Å². The van der Waals surface area contributed by atoms with Gasteiger partial charge in [0.05, 0.1) is 24.0 Å². The molecule has 0 spiro atoms. The van der Waals surface area contributed by atoms with Gasteiger partial charge in [0.15, 0.2) is 0 Å². The standard InChI is InChI=1S/C15H19Cl2NO/c1-15(2,11-18)7-3-4-8-19-14-6-5-13(17)9-12(14)10-16/h5-6,9H,3-4,7-8,10H2,1-2H3. The Bertz CT molecular complexity index is 452. The number of hydrogen-bond acceptors (Lipinski definition) is 2. The molecule has 19 heavy (non-hydrogen) atoms. The van der Waals surface area contributed by atoms with E-state index in [2.05, 4.69) is 6.07 Å². The lowest BCUT2D eigenvalue weighted by Gasteiger charge is -2.15. The molecule has 0 radical (unpaired) electrons. The van der Waals surface area contributed by atoms with E-state index in [4.69, 9.17) is 33.2 Å². The summed E-state index contributed by atoms with van der Waals surface area (Å²) >= 11 is 11.7. The van der Waals surface area contributed by atoms with Gasteiger partial charge in [-0.1, -0.05) is 11.6 Å². The van der Waals surface area contributed by atoms with Crippen molar-refractivity contribution in [2.75, 3.05) is 6.61 Å². The Balaban J connectivity index is 2.36. The van der Waals surface area contributed by atoms with Gasteiger partial charge >= 0.3 is 0 Å². The lowest BCUT2D eigenvalue weighted by atomic mass is 9.89. The number of ether oxygens (including phenoxy) is 1. The zero-order valence-corrected chi connectivity index (χ0v) is 12.9. The summed E-state index contributed by atoms with van der Waals surface area (Å²) in [5, 5.41) is 9.58. The van der Waals surface area contributed by atoms with Crippen molar-refractivity contribution in [3.05, 3.63) is 28.8 Å². The number of rotatable bonds is 7. The molecule has 0 atom stereocenters. The van der Waals surface area contributed by atoms with Gasteiger partial charge < -0.3 is 4.74 Å². The molecule has 0 aliphatic carbocycles. The molecule has 0 unspecified atom stereocenters. The van der Waals surface area contributed by atoms with Crippen molar-refractivity contribution in [1.82, 2.24) is 0 Å². The van der Waals surface area contributed by atoms with Crippen molar-refractivity contribution >= 4 is 23.2 Å². The third kappa shape index (κ3) is 5.72. The highest BCUT2D eigenvalue weighted by Crippen LogP contribution is 2.25. The van der Waals surface area contributed by atoms with Gasteiger partial charge in [-0.25, -0.2) is 0 Å². The zero-order valence-electron chi connectivity index (χ0n) is 11.4. The number of unbranched alkanes of at least 4 members (excludes halogenated alkanes) is 1. The van der Waals surface area contributed by atoms with Gasteiger partial charge in [-0.15, -0.1) is 11.6 Å². The Hall–Kier alpha value is -0.910. The SMILES string of the molecule is CC(C)(C#N)CCCCOc1ccc(Cl)cc1CCl. The minimum absolute atomic E-state index is 0.248. The lowest BCUT2D eigenvalue weighted by molar-refractivity contribution is 0.293. The molecule has 104 valence electrons. The smallest absolute Gasteiger partial charge is 0.123 e. The minimum atomic E-state index is -0.248. The van der Waals surface area contributed by atoms with Gasteiger partial charge in [0.25, 0.3) is 0 Å². The van der Waals surface area contributed by atoms with Gasteiger partial charge in [-0.2, -0.15) is 5.26 Å². The van der Waals surface area contributed by atoms with E-state index in [0.29, 0.717) is 17.5 Å². The van der Waals surface area contributed by atoms with Gasteiger partial charge in [0.2, 0.25) is 0 Å². The second kappa shape index (κ2) is 7.62. The highest BCUT2D eigenvalue weighted by atomic mass is 35.5. The van der Waals surface area contributed by atoms with Gasteiger partial charge in [-0.3, -0.25) is 0 Å². The maximum absolute atomic E-state index is 8.91. The Morgan fingerprint density at radius 2 is 2.05 bits per heavy atom. The first-order valence-electron chi connectivity index (χ1n) is 6.37. The Labute approximate surface area is 125 Å². The summed E-state index contributed by atoms with van der Waals surface area (Å²) in [6.07, 6.45) is 2.79. The third-order valence-corrected chi connectivity index (χ3v) is 3.45. The quantitative estimate of drug-likeness (QED) is 0.513. The molecule has 0 aliphatic heterocycles. The molecule has 1 rings (SSSR count). The molecule has 2 nitrogen and oxygen atoms in total. The van der Waals surface area contributed by atoms with Crippen LogP contribution >= 0.6 is 23.2 Å². The molecule has 0 N–H and O–H groups in total. The topological polar surface area (TPSA) is 33.0 Å². The van der Waals surface area contributed by atoms with Crippen molar-refractivity contribution < 1.29 is 4.74 Å². The van der Waals surface area contributed by atoms with Crippen LogP contribution in [0.1, 0.15) is 38.7 Å². The predicted octanol–water partition coefficient (Wildman–Crippen LogP) is 5.18. The van der Waals surface area contributed by atoms with Crippen LogP contribution in [0.15, 0.2) is 18.2 Å². The first-order chi connectivity index (χ1) is 8.98. The summed E-state index contributed by atoms with van der Waals surface area (Å²) in [6.45, 7) is 4.55. The Morgan fingerprint density at radius 1 is 1.32 bits per heavy atom. The largest absolute Gasteiger partial charge is 0.493 e. The van der Waals surface area contributed by atoms with E-state index in [-0.39, 0.29) is 5.41 Å². The van der Waals surface area contributed by atoms with E-state index in [9.17, 15) is 0 Å². The number of benzene rings is 1. The summed E-state index contributed by atoms with van der Waals surface area (Å²) in [4.78, 5) is 0. The van der Waals surface area contributed by atoms with Crippen LogP contribution < -0.4 is 4.74 Å². The van der Waals surface area contributed by atoms with E-state index in [0.717, 1.165) is 30.6 Å². The molecule has 1 aromatic rings. The highest BCUT2D eigenvalue weighted by molar-refractivity contribution is 6.30. The molecule has 0 bridgehead atoms. The molecule has 0 aromatic heterocycles. The summed E-state index contributed by atoms with van der Waals surface area (Å²) in [7, 11) is 0. The van der Waals surface area contributed by atoms with Crippen LogP contribution in [0.25, 0.3) is 0 Å². The molecular formula is C15H19Cl2NO. The Morgan fingerprint density at radius 3 is 2.68 bits per heavy atom. The summed E-state index contributed by atoms with van der Waals surface area (Å²) in [5.41, 5.74) is 0.660. The molecule has 0 amide bonds. The van der Waals surface area contributed by atoms with Crippen LogP contribution in [-0.2, 0) is 5.88 Å². The fourth-order valence-electron chi connectivity index (χ4n) is 1.70. The molecule has 0 heterocycles. The van der Waals surface area contributed by atoms with Crippen LogP contribution in [0.4, 0.5) is 0 Å². The number of halogens is 2. The van der Waals surface area contributed by atoms with E-state index >= 15 is 0 Å². The van der Waals surface area contributed by atoms with Gasteiger partial charge in [0, 0.05) is 10.6 Å². The summed E-state index contributed by atoms with van der Waals surface area (Å²) in [6, 6.07) is 7.77. The van der Waals surface area contributed by atoms with Crippen molar-refractivity contribution in [3.8, 4) is 11.8 Å². The normalized spacial score (nSPS) is 11.1. The maximum atomic E-state index is 8.91. The molecule has 0 aliphatic rings. The molecule has 0 saturated heterocycles. The fraction of sp³-hybridized carbons (Fsp3) is 0.533. The molecule has 0 fully saturated rings. The molecule has 0 saturated carbocycles. The first kappa shape index (κ1) is 16.1. The Kier molecular flexibility index (Phi) is 6.48. The monoisotopic (exact) mass is 299 g/mol. The van der Waals surface area contributed by atoms with Crippen molar-refractivity contribution in [3.63, 3.8) is 0 Å². The van der Waals surface area contributed by atoms with Crippen LogP contribution in [0.2, 0.25) is 5.02 Å². The van der Waals surface area contributed by atoms with Crippen molar-refractivity contribution in [2.45, 2.75) is 39.0 Å². The second-order valence-corrected chi connectivity index (χ2v) is 5.89. The van der Waals surface area contributed by atoms with Crippen LogP contribution in [0.5, 0.6) is 5.75 Å². The van der Waals surface area contributed by atoms with E-state index in [1.54, 1.807) is 6.07 Å². The fourth-order valence-corrected chi connectivity index (χ4v) is 2.10. The molecule has 1 aromatic carbocycles. The zero-order chi connectivity index (χ0) is 14.3. The van der Waals surface area contributed by atoms with Crippen LogP contribution in [0, 0.1) is 16.7 Å². The second-order valence-electron chi connectivity index (χ2n) is 5.19. The lowest BCUT2D eigenvalue weighted by Crippen LogP contribution is -2.08. The maximum Gasteiger partial charge on any atom is 0.123 e. The van der Waals surface area contributed by atoms with Crippen LogP contribution in [0.3, 0.4) is 0 Å². The first-order valence-corrected chi connectivity index (χ1v) is 7.28. The number of nitrogens with zero attached hydrogens (tertiary/aromatic N) is 1. The highest BCUT2D eigenvalue weighted by Gasteiger charge is 2.15. The minimum Gasteiger partial charge on any atom is -0.493 e. The van der Waals surface area contributed by atoms with E-state index in [1.807, 2.05) is 26.0 Å². The number of nitriles is 1. The van der Waals surface area contributed by atoms with E-state index in [1.165, 1.54) is 0 Å². The summed E-state index contributed by atoms with van der Waals surface area (Å²) < 4.78 is 5.71. The van der Waals surface area contributed by atoms with Crippen molar-refractivity contribution in [1.29, 1.82) is 5.26 Å². The number of alkyl halides is 1. The molecular weight excluding hydrogens is 281 g/mol. The average Bonchev–Trinajstić information content (AvgIpc) is 2.39. The number of hydrogen-bond donors (Lipinski definition) is 0. The average molecular weight is 300 g/mol. The molecule has 4 heteroatoms. The van der Waals surface area contributed by atoms with Crippen molar-refractivity contribution in [2.24, 2.45) is 5.41 Å². The van der Waals surface area contributed by atoms with E-state index < -0.39 is 0 Å². The van der Waals surface area contributed by atoms with Gasteiger partial charge in [-0.05, 0) is 51.3 Å². The third-order valence-electron chi connectivity index (χ3n) is 2.92.